The molecule has 0 aromatic heterocycles. The van der Waals surface area contributed by atoms with Crippen molar-refractivity contribution in [3.8, 4) is 11.5 Å². The molecule has 2 N–H and O–H groups in total. The maximum Gasteiger partial charge on any atom is 0.256 e. The monoisotopic (exact) mass is 498 g/mol. The summed E-state index contributed by atoms with van der Waals surface area (Å²) in [6.45, 7) is 6.87. The van der Waals surface area contributed by atoms with E-state index in [0.29, 0.717) is 42.6 Å². The number of anilines is 2. The number of ether oxygens (including phenoxy) is 2. The van der Waals surface area contributed by atoms with Crippen molar-refractivity contribution in [2.24, 2.45) is 0 Å². The van der Waals surface area contributed by atoms with Crippen LogP contribution < -0.4 is 25.0 Å². The molecule has 0 radical (unpaired) electrons. The highest BCUT2D eigenvalue weighted by Crippen LogP contribution is 2.29. The third-order valence-corrected chi connectivity index (χ3v) is 5.70. The molecule has 10 heteroatoms. The lowest BCUT2D eigenvalue weighted by Gasteiger charge is -2.24. The second kappa shape index (κ2) is 12.2. The number of thiocarbonyl (C=S) groups is 1. The Balaban J connectivity index is 1.76. The van der Waals surface area contributed by atoms with E-state index in [4.69, 9.17) is 21.7 Å². The van der Waals surface area contributed by atoms with E-state index in [1.165, 1.54) is 11.8 Å². The van der Waals surface area contributed by atoms with E-state index in [-0.39, 0.29) is 35.8 Å². The van der Waals surface area contributed by atoms with Crippen LogP contribution in [0, 0.1) is 0 Å². The molecule has 0 aliphatic carbocycles. The van der Waals surface area contributed by atoms with Crippen molar-refractivity contribution >= 4 is 46.4 Å². The number of nitrogens with zero attached hydrogens (tertiary/aromatic N) is 2. The van der Waals surface area contributed by atoms with Crippen molar-refractivity contribution < 1.29 is 23.9 Å². The normalized spacial score (nSPS) is 15.2. The molecule has 1 aliphatic rings. The summed E-state index contributed by atoms with van der Waals surface area (Å²) in [5, 5.41) is 5.82. The zero-order valence-electron chi connectivity index (χ0n) is 20.1. The molecule has 0 bridgehead atoms. The topological polar surface area (TPSA) is 100 Å². The molecule has 1 fully saturated rings. The highest BCUT2D eigenvalue weighted by Gasteiger charge is 2.43. The van der Waals surface area contributed by atoms with Crippen LogP contribution in [0.4, 0.5) is 11.4 Å². The summed E-state index contributed by atoms with van der Waals surface area (Å²) < 4.78 is 10.9. The fourth-order valence-corrected chi connectivity index (χ4v) is 4.14. The van der Waals surface area contributed by atoms with E-state index in [2.05, 4.69) is 10.6 Å². The second-order valence-corrected chi connectivity index (χ2v) is 8.15. The predicted molar refractivity (Wildman–Crippen MR) is 138 cm³/mol. The second-order valence-electron chi connectivity index (χ2n) is 7.78. The van der Waals surface area contributed by atoms with Gasteiger partial charge < -0.3 is 25.0 Å². The number of nitrogens with one attached hydrogen (secondary N) is 2. The predicted octanol–water partition coefficient (Wildman–Crippen LogP) is 2.95. The van der Waals surface area contributed by atoms with Crippen molar-refractivity contribution in [2.75, 3.05) is 36.5 Å². The first-order chi connectivity index (χ1) is 16.8. The fourth-order valence-electron chi connectivity index (χ4n) is 3.72. The van der Waals surface area contributed by atoms with Gasteiger partial charge in [0, 0.05) is 25.7 Å². The van der Waals surface area contributed by atoms with Gasteiger partial charge in [0.2, 0.25) is 11.8 Å². The van der Waals surface area contributed by atoms with Gasteiger partial charge in [0.05, 0.1) is 25.3 Å². The van der Waals surface area contributed by atoms with Crippen LogP contribution in [-0.4, -0.2) is 60.1 Å². The van der Waals surface area contributed by atoms with Crippen molar-refractivity contribution in [1.29, 1.82) is 0 Å². The summed E-state index contributed by atoms with van der Waals surface area (Å²) in [6, 6.07) is 13.3. The Morgan fingerprint density at radius 3 is 2.09 bits per heavy atom. The van der Waals surface area contributed by atoms with Crippen LogP contribution in [0.25, 0.3) is 0 Å². The number of rotatable bonds is 11. The highest BCUT2D eigenvalue weighted by atomic mass is 32.1. The maximum absolute atomic E-state index is 13.4. The summed E-state index contributed by atoms with van der Waals surface area (Å²) in [7, 11) is 0. The summed E-state index contributed by atoms with van der Waals surface area (Å²) >= 11 is 5.62. The highest BCUT2D eigenvalue weighted by molar-refractivity contribution is 7.80. The Morgan fingerprint density at radius 2 is 1.54 bits per heavy atom. The zero-order valence-corrected chi connectivity index (χ0v) is 20.9. The molecule has 9 nitrogen and oxygen atoms in total. The molecule has 0 saturated carbocycles. The van der Waals surface area contributed by atoms with E-state index in [1.807, 2.05) is 13.8 Å². The minimum absolute atomic E-state index is 0.0974. The lowest BCUT2D eigenvalue weighted by atomic mass is 10.1. The lowest BCUT2D eigenvalue weighted by molar-refractivity contribution is -0.124. The first-order valence-corrected chi connectivity index (χ1v) is 11.9. The van der Waals surface area contributed by atoms with Crippen LogP contribution in [0.3, 0.4) is 0 Å². The molecule has 2 aromatic carbocycles. The third kappa shape index (κ3) is 6.69. The van der Waals surface area contributed by atoms with Crippen LogP contribution in [0.1, 0.15) is 27.2 Å². The Kier molecular flexibility index (Phi) is 9.02. The van der Waals surface area contributed by atoms with Gasteiger partial charge in [-0.2, -0.15) is 0 Å². The number of hydrogen-bond donors (Lipinski definition) is 2. The molecule has 1 atom stereocenters. The molecule has 35 heavy (non-hydrogen) atoms. The quantitative estimate of drug-likeness (QED) is 0.460. The lowest BCUT2D eigenvalue weighted by Crippen LogP contribution is -2.42. The first-order valence-electron chi connectivity index (χ1n) is 11.5. The van der Waals surface area contributed by atoms with Gasteiger partial charge in [0.15, 0.2) is 5.11 Å². The molecule has 3 amide bonds. The van der Waals surface area contributed by atoms with Crippen molar-refractivity contribution in [3.63, 3.8) is 0 Å². The van der Waals surface area contributed by atoms with Gasteiger partial charge in [-0.25, -0.2) is 0 Å². The summed E-state index contributed by atoms with van der Waals surface area (Å²) in [5.41, 5.74) is 1.18. The first kappa shape index (κ1) is 26.0. The number of hydrogen-bond acceptors (Lipinski definition) is 6. The van der Waals surface area contributed by atoms with Crippen molar-refractivity contribution in [3.05, 3.63) is 48.5 Å². The number of benzene rings is 2. The molecule has 1 aliphatic heterocycles. The van der Waals surface area contributed by atoms with E-state index < -0.39 is 6.04 Å². The van der Waals surface area contributed by atoms with Crippen LogP contribution in [0.15, 0.2) is 48.5 Å². The largest absolute Gasteiger partial charge is 0.494 e. The van der Waals surface area contributed by atoms with Crippen LogP contribution in [0.5, 0.6) is 11.5 Å². The smallest absolute Gasteiger partial charge is 0.256 e. The summed E-state index contributed by atoms with van der Waals surface area (Å²) in [4.78, 5) is 40.7. The SMILES string of the molecule is CCOc1ccc(NC(=O)CC2C(=O)N(c3ccc(OCC)cc3)C(=S)N2CCNC(C)=O)cc1. The molecule has 2 aromatic rings. The Morgan fingerprint density at radius 1 is 0.971 bits per heavy atom. The van der Waals surface area contributed by atoms with Gasteiger partial charge in [-0.3, -0.25) is 19.3 Å². The molecular weight excluding hydrogens is 468 g/mol. The van der Waals surface area contributed by atoms with Gasteiger partial charge in [0.1, 0.15) is 17.5 Å². The van der Waals surface area contributed by atoms with Crippen molar-refractivity contribution in [1.82, 2.24) is 10.2 Å². The minimum Gasteiger partial charge on any atom is -0.494 e. The third-order valence-electron chi connectivity index (χ3n) is 5.28. The van der Waals surface area contributed by atoms with Gasteiger partial charge in [-0.05, 0) is 74.6 Å². The van der Waals surface area contributed by atoms with Gasteiger partial charge in [0.25, 0.3) is 5.91 Å². The molecule has 186 valence electrons. The Labute approximate surface area is 210 Å². The minimum atomic E-state index is -0.800. The van der Waals surface area contributed by atoms with E-state index in [0.717, 1.165) is 0 Å². The fraction of sp³-hybridized carbons (Fsp3) is 0.360. The van der Waals surface area contributed by atoms with E-state index in [1.54, 1.807) is 53.4 Å². The average Bonchev–Trinajstić information content (AvgIpc) is 3.05. The zero-order chi connectivity index (χ0) is 25.4. The Bertz CT molecular complexity index is 1060. The number of carbonyl (C=O) groups is 3. The molecule has 1 heterocycles. The van der Waals surface area contributed by atoms with Gasteiger partial charge in [-0.1, -0.05) is 0 Å². The van der Waals surface area contributed by atoms with Crippen LogP contribution in [0.2, 0.25) is 0 Å². The average molecular weight is 499 g/mol. The van der Waals surface area contributed by atoms with E-state index in [9.17, 15) is 14.4 Å². The number of carbonyl (C=O) groups excluding carboxylic acids is 3. The maximum atomic E-state index is 13.4. The molecular formula is C25H30N4O5S. The summed E-state index contributed by atoms with van der Waals surface area (Å²) in [5.74, 6) is 0.575. The Hall–Kier alpha value is -3.66. The van der Waals surface area contributed by atoms with Crippen LogP contribution >= 0.6 is 12.2 Å². The molecule has 1 unspecified atom stereocenters. The molecule has 0 spiro atoms. The van der Waals surface area contributed by atoms with E-state index >= 15 is 0 Å². The molecule has 3 rings (SSSR count). The molecule has 1 saturated heterocycles. The van der Waals surface area contributed by atoms with Crippen LogP contribution in [-0.2, 0) is 14.4 Å². The standard InChI is InChI=1S/C25H30N4O5S/c1-4-33-20-10-6-18(7-11-20)27-23(31)16-22-24(32)29(19-8-12-21(13-9-19)34-5-2)25(35)28(22)15-14-26-17(3)30/h6-13,22H,4-5,14-16H2,1-3H3,(H,26,30)(H,27,31). The van der Waals surface area contributed by atoms with Crippen molar-refractivity contribution in [2.45, 2.75) is 33.2 Å². The number of amides is 3. The summed E-state index contributed by atoms with van der Waals surface area (Å²) in [6.07, 6.45) is -0.0974. The van der Waals surface area contributed by atoms with Gasteiger partial charge >= 0.3 is 0 Å². The van der Waals surface area contributed by atoms with Gasteiger partial charge in [-0.15, -0.1) is 0 Å².